The number of halogens is 1. The molecular weight excluding hydrogens is 211 g/mol. The first-order chi connectivity index (χ1) is 4.79. The maximum absolute atomic E-state index is 5.40. The molecule has 0 spiro atoms. The second-order valence-electron chi connectivity index (χ2n) is 1.82. The maximum atomic E-state index is 5.40. The molecule has 0 aliphatic heterocycles. The van der Waals surface area contributed by atoms with Crippen molar-refractivity contribution in [2.75, 3.05) is 6.66 Å². The third-order valence-electron chi connectivity index (χ3n) is 0.974. The zero-order chi connectivity index (χ0) is 7.40. The summed E-state index contributed by atoms with van der Waals surface area (Å²) >= 11 is 3.35. The van der Waals surface area contributed by atoms with Crippen LogP contribution in [0, 0.1) is 0 Å². The molecule has 1 unspecified atom stereocenters. The van der Waals surface area contributed by atoms with Crippen molar-refractivity contribution in [3.05, 3.63) is 30.3 Å². The number of hydrogen-bond acceptors (Lipinski definition) is 1. The lowest BCUT2D eigenvalue weighted by Crippen LogP contribution is -1.77. The van der Waals surface area contributed by atoms with Gasteiger partial charge in [0.1, 0.15) is 5.75 Å². The Morgan fingerprint density at radius 2 is 1.90 bits per heavy atom. The Kier molecular flexibility index (Phi) is 3.17. The van der Waals surface area contributed by atoms with Gasteiger partial charge in [0.2, 0.25) is 0 Å². The van der Waals surface area contributed by atoms with Gasteiger partial charge in [0, 0.05) is 6.66 Å². The molecule has 0 amide bonds. The molecule has 54 valence electrons. The fourth-order valence-electron chi connectivity index (χ4n) is 0.627. The van der Waals surface area contributed by atoms with Crippen molar-refractivity contribution in [2.45, 2.75) is 0 Å². The largest absolute Gasteiger partial charge is 0.463 e. The van der Waals surface area contributed by atoms with Crippen LogP contribution in [0.5, 0.6) is 5.75 Å². The minimum Gasteiger partial charge on any atom is -0.463 e. The third kappa shape index (κ3) is 2.68. The lowest BCUT2D eigenvalue weighted by atomic mass is 10.3. The van der Waals surface area contributed by atoms with Gasteiger partial charge in [0.05, 0.1) is 0 Å². The molecule has 0 aliphatic carbocycles. The summed E-state index contributed by atoms with van der Waals surface area (Å²) in [6.45, 7) is 1.54. The molecule has 1 aromatic rings. The molecule has 1 nitrogen and oxygen atoms in total. The van der Waals surface area contributed by atoms with Crippen molar-refractivity contribution in [1.82, 2.24) is 0 Å². The Labute approximate surface area is 70.0 Å². The van der Waals surface area contributed by atoms with Gasteiger partial charge in [-0.25, -0.2) is 0 Å². The van der Waals surface area contributed by atoms with E-state index in [0.717, 1.165) is 5.75 Å². The SMILES string of the molecule is CP(Br)Oc1ccccc1. The van der Waals surface area contributed by atoms with Gasteiger partial charge >= 0.3 is 0 Å². The third-order valence-corrected chi connectivity index (χ3v) is 1.87. The van der Waals surface area contributed by atoms with E-state index in [0.29, 0.717) is 0 Å². The van der Waals surface area contributed by atoms with Crippen LogP contribution in [-0.2, 0) is 0 Å². The van der Waals surface area contributed by atoms with E-state index >= 15 is 0 Å². The van der Waals surface area contributed by atoms with Gasteiger partial charge in [-0.05, 0) is 27.6 Å². The summed E-state index contributed by atoms with van der Waals surface area (Å²) < 4.78 is 5.40. The van der Waals surface area contributed by atoms with Crippen LogP contribution in [0.25, 0.3) is 0 Å². The van der Waals surface area contributed by atoms with Gasteiger partial charge in [-0.1, -0.05) is 18.2 Å². The normalized spacial score (nSPS) is 12.6. The van der Waals surface area contributed by atoms with Crippen LogP contribution in [0.4, 0.5) is 0 Å². The molecule has 0 radical (unpaired) electrons. The quantitative estimate of drug-likeness (QED) is 0.692. The number of benzene rings is 1. The molecule has 10 heavy (non-hydrogen) atoms. The average molecular weight is 219 g/mol. The van der Waals surface area contributed by atoms with Gasteiger partial charge < -0.3 is 4.52 Å². The van der Waals surface area contributed by atoms with Crippen LogP contribution >= 0.6 is 22.3 Å². The van der Waals surface area contributed by atoms with Gasteiger partial charge in [-0.2, -0.15) is 0 Å². The molecule has 0 heterocycles. The molecular formula is C7H8BrOP. The van der Waals surface area contributed by atoms with E-state index in [4.69, 9.17) is 4.52 Å². The smallest absolute Gasteiger partial charge is 0.153 e. The minimum absolute atomic E-state index is 0.464. The Morgan fingerprint density at radius 3 is 2.40 bits per heavy atom. The fraction of sp³-hybridized carbons (Fsp3) is 0.143. The number of rotatable bonds is 2. The molecule has 3 heteroatoms. The molecule has 0 fully saturated rings. The Morgan fingerprint density at radius 1 is 1.30 bits per heavy atom. The van der Waals surface area contributed by atoms with Crippen molar-refractivity contribution in [3.63, 3.8) is 0 Å². The van der Waals surface area contributed by atoms with Gasteiger partial charge in [0.15, 0.2) is 6.85 Å². The highest BCUT2D eigenvalue weighted by atomic mass is 79.9. The first-order valence-corrected chi connectivity index (χ1v) is 6.64. The summed E-state index contributed by atoms with van der Waals surface area (Å²) in [6, 6.07) is 9.78. The molecule has 0 aliphatic rings. The van der Waals surface area contributed by atoms with E-state index in [-0.39, 0.29) is 0 Å². The van der Waals surface area contributed by atoms with Gasteiger partial charge in [-0.3, -0.25) is 0 Å². The monoisotopic (exact) mass is 218 g/mol. The molecule has 0 N–H and O–H groups in total. The van der Waals surface area contributed by atoms with E-state index in [1.165, 1.54) is 0 Å². The molecule has 0 bridgehead atoms. The summed E-state index contributed by atoms with van der Waals surface area (Å²) in [5, 5.41) is 0. The Bertz CT molecular complexity index is 188. The van der Waals surface area contributed by atoms with E-state index in [1.807, 2.05) is 37.0 Å². The van der Waals surface area contributed by atoms with Crippen molar-refractivity contribution in [1.29, 1.82) is 0 Å². The first kappa shape index (κ1) is 8.03. The van der Waals surface area contributed by atoms with Crippen LogP contribution in [0.2, 0.25) is 0 Å². The fourth-order valence-corrected chi connectivity index (χ4v) is 1.54. The highest BCUT2D eigenvalue weighted by Crippen LogP contribution is 2.41. The highest BCUT2D eigenvalue weighted by Gasteiger charge is 1.95. The average Bonchev–Trinajstić information content (AvgIpc) is 1.88. The van der Waals surface area contributed by atoms with Crippen LogP contribution in [0.15, 0.2) is 30.3 Å². The zero-order valence-corrected chi connectivity index (χ0v) is 8.10. The molecule has 1 atom stereocenters. The van der Waals surface area contributed by atoms with Crippen molar-refractivity contribution < 1.29 is 4.52 Å². The summed E-state index contributed by atoms with van der Waals surface area (Å²) in [6.07, 6.45) is 0. The topological polar surface area (TPSA) is 9.23 Å². The number of hydrogen-bond donors (Lipinski definition) is 0. The summed E-state index contributed by atoms with van der Waals surface area (Å²) in [7, 11) is 0. The summed E-state index contributed by atoms with van der Waals surface area (Å²) in [5.41, 5.74) is 0. The van der Waals surface area contributed by atoms with E-state index in [1.54, 1.807) is 0 Å². The minimum atomic E-state index is -0.464. The van der Waals surface area contributed by atoms with Crippen LogP contribution in [0.3, 0.4) is 0 Å². The standard InChI is InChI=1S/C7H8BrOP/c1-10(8)9-7-5-3-2-4-6-7/h2-6H,1H3. The Balaban J connectivity index is 2.59. The Hall–Kier alpha value is -0.0700. The predicted molar refractivity (Wildman–Crippen MR) is 48.8 cm³/mol. The second kappa shape index (κ2) is 3.95. The van der Waals surface area contributed by atoms with E-state index in [9.17, 15) is 0 Å². The van der Waals surface area contributed by atoms with Crippen molar-refractivity contribution in [3.8, 4) is 5.75 Å². The first-order valence-electron chi connectivity index (χ1n) is 2.91. The lowest BCUT2D eigenvalue weighted by Gasteiger charge is -2.05. The molecule has 1 aromatic carbocycles. The highest BCUT2D eigenvalue weighted by molar-refractivity contribution is 9.38. The second-order valence-corrected chi connectivity index (χ2v) is 5.85. The lowest BCUT2D eigenvalue weighted by molar-refractivity contribution is 0.632. The molecule has 0 saturated carbocycles. The predicted octanol–water partition coefficient (Wildman–Crippen LogP) is 3.40. The summed E-state index contributed by atoms with van der Waals surface area (Å²) in [5.74, 6) is 0.924. The van der Waals surface area contributed by atoms with E-state index in [2.05, 4.69) is 15.5 Å². The van der Waals surface area contributed by atoms with Crippen LogP contribution < -0.4 is 4.52 Å². The molecule has 0 aromatic heterocycles. The van der Waals surface area contributed by atoms with Crippen molar-refractivity contribution >= 4 is 22.3 Å². The van der Waals surface area contributed by atoms with Gasteiger partial charge in [0.25, 0.3) is 0 Å². The van der Waals surface area contributed by atoms with Crippen molar-refractivity contribution in [2.24, 2.45) is 0 Å². The molecule has 1 rings (SSSR count). The number of para-hydroxylation sites is 1. The van der Waals surface area contributed by atoms with E-state index < -0.39 is 6.85 Å². The van der Waals surface area contributed by atoms with Crippen LogP contribution in [-0.4, -0.2) is 6.66 Å². The zero-order valence-electron chi connectivity index (χ0n) is 5.62. The van der Waals surface area contributed by atoms with Gasteiger partial charge in [-0.15, -0.1) is 0 Å². The van der Waals surface area contributed by atoms with Crippen LogP contribution in [0.1, 0.15) is 0 Å². The summed E-state index contributed by atoms with van der Waals surface area (Å²) in [4.78, 5) is 0. The molecule has 0 saturated heterocycles. The maximum Gasteiger partial charge on any atom is 0.153 e.